The van der Waals surface area contributed by atoms with E-state index in [2.05, 4.69) is 25.5 Å². The predicted octanol–water partition coefficient (Wildman–Crippen LogP) is 0.634. The van der Waals surface area contributed by atoms with Gasteiger partial charge in [-0.2, -0.15) is 0 Å². The Morgan fingerprint density at radius 3 is 2.79 bits per heavy atom. The maximum Gasteiger partial charge on any atom is 0.332 e. The molecule has 0 atom stereocenters. The molecule has 0 aliphatic rings. The Balaban J connectivity index is 1.50. The van der Waals surface area contributed by atoms with E-state index < -0.39 is 17.2 Å². The van der Waals surface area contributed by atoms with Crippen molar-refractivity contribution in [1.29, 1.82) is 0 Å². The maximum absolute atomic E-state index is 12.2. The molecule has 0 bridgehead atoms. The number of hydrogen-bond donors (Lipinski definition) is 2. The number of benzene rings is 1. The molecule has 0 aliphatic carbocycles. The van der Waals surface area contributed by atoms with Crippen molar-refractivity contribution in [1.82, 2.24) is 29.3 Å². The van der Waals surface area contributed by atoms with Crippen molar-refractivity contribution in [2.24, 2.45) is 14.1 Å². The van der Waals surface area contributed by atoms with E-state index in [0.717, 1.165) is 27.2 Å². The topological polar surface area (TPSA) is 128 Å². The van der Waals surface area contributed by atoms with Crippen LogP contribution in [-0.2, 0) is 18.9 Å². The molecule has 0 radical (unpaired) electrons. The Morgan fingerprint density at radius 1 is 1.18 bits per heavy atom. The zero-order valence-corrected chi connectivity index (χ0v) is 15.8. The number of hydrogen-bond acceptors (Lipinski definition) is 7. The second-order valence-electron chi connectivity index (χ2n) is 6.07. The molecule has 2 N–H and O–H groups in total. The number of nitrogens with one attached hydrogen (secondary N) is 2. The molecule has 10 nitrogen and oxygen atoms in total. The number of para-hydroxylation sites is 1. The Morgan fingerprint density at radius 2 is 1.96 bits per heavy atom. The van der Waals surface area contributed by atoms with Crippen LogP contribution >= 0.6 is 11.8 Å². The van der Waals surface area contributed by atoms with Gasteiger partial charge in [-0.15, -0.1) is 10.2 Å². The van der Waals surface area contributed by atoms with Crippen LogP contribution in [-0.4, -0.2) is 41.0 Å². The van der Waals surface area contributed by atoms with Crippen molar-refractivity contribution in [3.05, 3.63) is 51.2 Å². The van der Waals surface area contributed by atoms with Gasteiger partial charge in [-0.3, -0.25) is 18.7 Å². The zero-order chi connectivity index (χ0) is 19.8. The summed E-state index contributed by atoms with van der Waals surface area (Å²) in [4.78, 5) is 43.4. The van der Waals surface area contributed by atoms with E-state index in [1.165, 1.54) is 24.7 Å². The highest BCUT2D eigenvalue weighted by Gasteiger charge is 2.12. The third kappa shape index (κ3) is 3.16. The van der Waals surface area contributed by atoms with E-state index in [9.17, 15) is 14.4 Å². The quantitative estimate of drug-likeness (QED) is 0.484. The molecule has 0 aliphatic heterocycles. The van der Waals surface area contributed by atoms with E-state index in [4.69, 9.17) is 0 Å². The van der Waals surface area contributed by atoms with E-state index >= 15 is 0 Å². The highest BCUT2D eigenvalue weighted by molar-refractivity contribution is 7.99. The van der Waals surface area contributed by atoms with Crippen molar-refractivity contribution in [3.8, 4) is 0 Å². The van der Waals surface area contributed by atoms with E-state index in [-0.39, 0.29) is 11.6 Å². The van der Waals surface area contributed by atoms with Crippen LogP contribution in [0.5, 0.6) is 0 Å². The molecule has 0 fully saturated rings. The molecule has 28 heavy (non-hydrogen) atoms. The Hall–Kier alpha value is -3.47. The molecular formula is C17H15N7O3S. The number of nitrogens with zero attached hydrogens (tertiary/aromatic N) is 5. The number of anilines is 1. The van der Waals surface area contributed by atoms with Crippen molar-refractivity contribution < 1.29 is 4.79 Å². The summed E-state index contributed by atoms with van der Waals surface area (Å²) in [5.74, 6) is -0.269. The Bertz CT molecular complexity index is 1340. The molecule has 0 spiro atoms. The van der Waals surface area contributed by atoms with Gasteiger partial charge in [0.05, 0.1) is 5.75 Å². The van der Waals surface area contributed by atoms with Crippen molar-refractivity contribution in [3.63, 3.8) is 0 Å². The number of amides is 1. The first kappa shape index (κ1) is 17.9. The molecule has 142 valence electrons. The van der Waals surface area contributed by atoms with Gasteiger partial charge in [0.1, 0.15) is 11.3 Å². The van der Waals surface area contributed by atoms with Crippen LogP contribution in [0.15, 0.2) is 45.1 Å². The second-order valence-corrected chi connectivity index (χ2v) is 7.01. The monoisotopic (exact) mass is 397 g/mol. The number of carbonyl (C=O) groups is 1. The fraction of sp³-hybridized carbons (Fsp3) is 0.176. The lowest BCUT2D eigenvalue weighted by Crippen LogP contribution is -2.38. The van der Waals surface area contributed by atoms with Crippen LogP contribution in [0, 0.1) is 0 Å². The third-order valence-electron chi connectivity index (χ3n) is 4.23. The molecule has 3 aromatic heterocycles. The number of carbonyl (C=O) groups excluding carboxylic acids is 1. The highest BCUT2D eigenvalue weighted by Crippen LogP contribution is 2.23. The normalized spacial score (nSPS) is 11.2. The smallest absolute Gasteiger partial charge is 0.332 e. The predicted molar refractivity (Wildman–Crippen MR) is 105 cm³/mol. The average Bonchev–Trinajstić information content (AvgIpc) is 3.06. The zero-order valence-electron chi connectivity index (χ0n) is 15.0. The van der Waals surface area contributed by atoms with Crippen LogP contribution < -0.4 is 16.6 Å². The molecular weight excluding hydrogens is 382 g/mol. The largest absolute Gasteiger partial charge is 0.338 e. The molecule has 0 saturated carbocycles. The number of rotatable bonds is 4. The summed E-state index contributed by atoms with van der Waals surface area (Å²) >= 11 is 1.10. The molecule has 0 saturated heterocycles. The standard InChI is InChI=1S/C17H15N7O3S/c1-23-11(7-13(26)24(2)17(23)27)19-12(25)8-28-16-20-15-14(21-22-16)9-5-3-4-6-10(9)18-15/h3-7H,8H2,1-2H3,(H,19,25)(H,18,20,22). The minimum absolute atomic E-state index is 0.00316. The molecule has 4 aromatic rings. The summed E-state index contributed by atoms with van der Waals surface area (Å²) in [5.41, 5.74) is 1.15. The Kier molecular flexibility index (Phi) is 4.43. The molecule has 1 amide bonds. The molecule has 11 heteroatoms. The summed E-state index contributed by atoms with van der Waals surface area (Å²) in [5, 5.41) is 12.1. The summed E-state index contributed by atoms with van der Waals surface area (Å²) in [6, 6.07) is 8.87. The fourth-order valence-corrected chi connectivity index (χ4v) is 3.32. The van der Waals surface area contributed by atoms with Gasteiger partial charge in [0, 0.05) is 31.1 Å². The van der Waals surface area contributed by atoms with Gasteiger partial charge in [0.25, 0.3) is 5.56 Å². The van der Waals surface area contributed by atoms with Gasteiger partial charge in [-0.1, -0.05) is 30.0 Å². The molecule has 1 aromatic carbocycles. The van der Waals surface area contributed by atoms with E-state index in [0.29, 0.717) is 16.3 Å². The lowest BCUT2D eigenvalue weighted by atomic mass is 10.2. The minimum Gasteiger partial charge on any atom is -0.338 e. The number of thioether (sulfide) groups is 1. The third-order valence-corrected chi connectivity index (χ3v) is 5.07. The van der Waals surface area contributed by atoms with Crippen molar-refractivity contribution >= 4 is 45.6 Å². The van der Waals surface area contributed by atoms with Crippen LogP contribution in [0.1, 0.15) is 0 Å². The van der Waals surface area contributed by atoms with Gasteiger partial charge in [0.2, 0.25) is 11.1 Å². The summed E-state index contributed by atoms with van der Waals surface area (Å²) < 4.78 is 2.15. The van der Waals surface area contributed by atoms with Gasteiger partial charge in [-0.25, -0.2) is 9.78 Å². The van der Waals surface area contributed by atoms with Crippen LogP contribution in [0.3, 0.4) is 0 Å². The first-order valence-electron chi connectivity index (χ1n) is 8.25. The Labute approximate surface area is 161 Å². The SMILES string of the molecule is Cn1c(NC(=O)CSc2nnc3c(n2)[nH]c2ccccc23)cc(=O)n(C)c1=O. The fourth-order valence-electron chi connectivity index (χ4n) is 2.73. The van der Waals surface area contributed by atoms with E-state index in [1.54, 1.807) is 0 Å². The minimum atomic E-state index is -0.521. The number of fused-ring (bicyclic) bond motifs is 3. The average molecular weight is 397 g/mol. The van der Waals surface area contributed by atoms with Gasteiger partial charge < -0.3 is 10.3 Å². The van der Waals surface area contributed by atoms with Crippen molar-refractivity contribution in [2.45, 2.75) is 5.16 Å². The van der Waals surface area contributed by atoms with Crippen LogP contribution in [0.25, 0.3) is 22.1 Å². The maximum atomic E-state index is 12.2. The number of H-pyrrole nitrogens is 1. The summed E-state index contributed by atoms with van der Waals surface area (Å²) in [7, 11) is 2.85. The van der Waals surface area contributed by atoms with Gasteiger partial charge in [-0.05, 0) is 6.07 Å². The molecule has 4 rings (SSSR count). The lowest BCUT2D eigenvalue weighted by Gasteiger charge is -2.10. The molecule has 0 unspecified atom stereocenters. The molecule has 3 heterocycles. The highest BCUT2D eigenvalue weighted by atomic mass is 32.2. The van der Waals surface area contributed by atoms with Gasteiger partial charge in [0.15, 0.2) is 5.65 Å². The summed E-state index contributed by atoms with van der Waals surface area (Å²) in [6.07, 6.45) is 0. The van der Waals surface area contributed by atoms with Gasteiger partial charge >= 0.3 is 5.69 Å². The van der Waals surface area contributed by atoms with Crippen LogP contribution in [0.2, 0.25) is 0 Å². The van der Waals surface area contributed by atoms with Crippen LogP contribution in [0.4, 0.5) is 5.82 Å². The first-order chi connectivity index (χ1) is 13.4. The summed E-state index contributed by atoms with van der Waals surface area (Å²) in [6.45, 7) is 0. The van der Waals surface area contributed by atoms with E-state index in [1.807, 2.05) is 24.3 Å². The number of aromatic amines is 1. The number of aromatic nitrogens is 6. The first-order valence-corrected chi connectivity index (χ1v) is 9.23. The van der Waals surface area contributed by atoms with Crippen molar-refractivity contribution in [2.75, 3.05) is 11.1 Å². The second kappa shape index (κ2) is 6.93. The lowest BCUT2D eigenvalue weighted by molar-refractivity contribution is -0.113.